The fourth-order valence-corrected chi connectivity index (χ4v) is 3.98. The van der Waals surface area contributed by atoms with Crippen molar-refractivity contribution in [2.24, 2.45) is 11.8 Å². The third-order valence-electron chi connectivity index (χ3n) is 5.54. The van der Waals surface area contributed by atoms with Crippen LogP contribution in [-0.4, -0.2) is 71.1 Å². The first kappa shape index (κ1) is 17.5. The van der Waals surface area contributed by atoms with E-state index < -0.39 is 0 Å². The molecular formula is C19H21N3O5. The quantitative estimate of drug-likeness (QED) is 0.571. The van der Waals surface area contributed by atoms with Crippen molar-refractivity contribution in [2.45, 2.75) is 12.8 Å². The van der Waals surface area contributed by atoms with Crippen molar-refractivity contribution in [2.75, 3.05) is 32.7 Å². The number of carbonyl (C=O) groups is 4. The molecule has 27 heavy (non-hydrogen) atoms. The SMILES string of the molecule is O=C(CN1C(=O)[C@H]2CC=CC[C@H]2C1=O)N1CCN(C(=O)c2ccco2)CC1. The molecule has 8 heteroatoms. The van der Waals surface area contributed by atoms with Crippen molar-refractivity contribution in [3.8, 4) is 0 Å². The number of hydrogen-bond donors (Lipinski definition) is 0. The Labute approximate surface area is 156 Å². The zero-order chi connectivity index (χ0) is 19.0. The molecule has 0 N–H and O–H groups in total. The van der Waals surface area contributed by atoms with E-state index in [-0.39, 0.29) is 47.8 Å². The fraction of sp³-hybridized carbons (Fsp3) is 0.474. The molecular weight excluding hydrogens is 350 g/mol. The summed E-state index contributed by atoms with van der Waals surface area (Å²) in [7, 11) is 0. The Morgan fingerprint density at radius 2 is 1.56 bits per heavy atom. The van der Waals surface area contributed by atoms with Gasteiger partial charge in [-0.15, -0.1) is 0 Å². The summed E-state index contributed by atoms with van der Waals surface area (Å²) in [5.74, 6) is -1.30. The minimum atomic E-state index is -0.321. The second kappa shape index (κ2) is 7.02. The van der Waals surface area contributed by atoms with Crippen LogP contribution in [0.25, 0.3) is 0 Å². The molecule has 3 heterocycles. The van der Waals surface area contributed by atoms with Crippen LogP contribution in [-0.2, 0) is 14.4 Å². The molecule has 0 spiro atoms. The standard InChI is InChI=1S/C19H21N3O5/c23-16(12-22-17(24)13-4-1-2-5-14(13)18(22)25)20-7-9-21(10-8-20)19(26)15-6-3-11-27-15/h1-3,6,11,13-14H,4-5,7-10,12H2/t13-,14+. The molecule has 2 fully saturated rings. The Morgan fingerprint density at radius 1 is 0.963 bits per heavy atom. The van der Waals surface area contributed by atoms with Crippen LogP contribution in [0.15, 0.2) is 35.0 Å². The normalized spacial score (nSPS) is 25.1. The van der Waals surface area contributed by atoms with E-state index in [2.05, 4.69) is 0 Å². The molecule has 0 saturated carbocycles. The molecule has 1 aromatic rings. The molecule has 2 aliphatic heterocycles. The van der Waals surface area contributed by atoms with Crippen LogP contribution in [0, 0.1) is 11.8 Å². The first-order valence-corrected chi connectivity index (χ1v) is 9.17. The summed E-state index contributed by atoms with van der Waals surface area (Å²) in [4.78, 5) is 54.2. The Balaban J connectivity index is 1.33. The molecule has 0 radical (unpaired) electrons. The highest BCUT2D eigenvalue weighted by molar-refractivity contribution is 6.07. The number of imide groups is 1. The van der Waals surface area contributed by atoms with Gasteiger partial charge in [-0.25, -0.2) is 0 Å². The second-order valence-electron chi connectivity index (χ2n) is 7.07. The minimum absolute atomic E-state index is 0.200. The first-order chi connectivity index (χ1) is 13.1. The number of nitrogens with zero attached hydrogens (tertiary/aromatic N) is 3. The van der Waals surface area contributed by atoms with Crippen LogP contribution >= 0.6 is 0 Å². The number of amides is 4. The van der Waals surface area contributed by atoms with Gasteiger partial charge >= 0.3 is 0 Å². The molecule has 0 bridgehead atoms. The zero-order valence-electron chi connectivity index (χ0n) is 14.9. The molecule has 3 aliphatic rings. The lowest BCUT2D eigenvalue weighted by molar-refractivity contribution is -0.147. The van der Waals surface area contributed by atoms with Crippen LogP contribution in [0.1, 0.15) is 23.4 Å². The largest absolute Gasteiger partial charge is 0.459 e. The van der Waals surface area contributed by atoms with Gasteiger partial charge in [0.2, 0.25) is 17.7 Å². The van der Waals surface area contributed by atoms with Gasteiger partial charge in [0.1, 0.15) is 6.54 Å². The van der Waals surface area contributed by atoms with Gasteiger partial charge in [0.15, 0.2) is 5.76 Å². The fourth-order valence-electron chi connectivity index (χ4n) is 3.98. The third-order valence-corrected chi connectivity index (χ3v) is 5.54. The van der Waals surface area contributed by atoms with Gasteiger partial charge in [-0.1, -0.05) is 12.2 Å². The van der Waals surface area contributed by atoms with E-state index in [1.165, 1.54) is 6.26 Å². The summed E-state index contributed by atoms with van der Waals surface area (Å²) >= 11 is 0. The van der Waals surface area contributed by atoms with E-state index in [9.17, 15) is 19.2 Å². The van der Waals surface area contributed by atoms with E-state index in [1.807, 2.05) is 12.2 Å². The number of likely N-dealkylation sites (tertiary alicyclic amines) is 1. The maximum absolute atomic E-state index is 12.6. The van der Waals surface area contributed by atoms with E-state index in [0.717, 1.165) is 4.90 Å². The highest BCUT2D eigenvalue weighted by atomic mass is 16.3. The number of fused-ring (bicyclic) bond motifs is 1. The summed E-state index contributed by atoms with van der Waals surface area (Å²) in [6, 6.07) is 3.27. The molecule has 4 amide bonds. The first-order valence-electron chi connectivity index (χ1n) is 9.17. The molecule has 8 nitrogen and oxygen atoms in total. The predicted molar refractivity (Wildman–Crippen MR) is 93.3 cm³/mol. The van der Waals surface area contributed by atoms with Gasteiger partial charge < -0.3 is 14.2 Å². The minimum Gasteiger partial charge on any atom is -0.459 e. The number of allylic oxidation sites excluding steroid dienone is 2. The monoisotopic (exact) mass is 371 g/mol. The van der Waals surface area contributed by atoms with Crippen molar-refractivity contribution in [3.05, 3.63) is 36.3 Å². The van der Waals surface area contributed by atoms with Crippen LogP contribution in [0.4, 0.5) is 0 Å². The summed E-state index contributed by atoms with van der Waals surface area (Å²) in [6.45, 7) is 1.31. The van der Waals surface area contributed by atoms with E-state index in [1.54, 1.807) is 21.9 Å². The predicted octanol–water partition coefficient (Wildman–Crippen LogP) is 0.515. The molecule has 0 aromatic carbocycles. The van der Waals surface area contributed by atoms with Gasteiger partial charge in [0, 0.05) is 26.2 Å². The summed E-state index contributed by atoms with van der Waals surface area (Å²) in [5.41, 5.74) is 0. The van der Waals surface area contributed by atoms with Crippen molar-refractivity contribution >= 4 is 23.6 Å². The second-order valence-corrected chi connectivity index (χ2v) is 7.07. The highest BCUT2D eigenvalue weighted by Crippen LogP contribution is 2.34. The van der Waals surface area contributed by atoms with Crippen molar-refractivity contribution < 1.29 is 23.6 Å². The van der Waals surface area contributed by atoms with Gasteiger partial charge in [0.05, 0.1) is 18.1 Å². The third kappa shape index (κ3) is 3.15. The zero-order valence-corrected chi connectivity index (χ0v) is 14.9. The van der Waals surface area contributed by atoms with Gasteiger partial charge in [-0.05, 0) is 25.0 Å². The Kier molecular flexibility index (Phi) is 4.55. The lowest BCUT2D eigenvalue weighted by Crippen LogP contribution is -2.53. The van der Waals surface area contributed by atoms with Gasteiger partial charge in [-0.2, -0.15) is 0 Å². The molecule has 1 aliphatic carbocycles. The summed E-state index contributed by atoms with van der Waals surface area (Å²) in [5, 5.41) is 0. The Bertz CT molecular complexity index is 766. The van der Waals surface area contributed by atoms with Gasteiger partial charge in [-0.3, -0.25) is 24.1 Å². The van der Waals surface area contributed by atoms with E-state index in [4.69, 9.17) is 4.42 Å². The molecule has 2 saturated heterocycles. The van der Waals surface area contributed by atoms with Crippen LogP contribution in [0.5, 0.6) is 0 Å². The molecule has 4 rings (SSSR count). The van der Waals surface area contributed by atoms with Crippen LogP contribution in [0.3, 0.4) is 0 Å². The van der Waals surface area contributed by atoms with Crippen molar-refractivity contribution in [1.82, 2.24) is 14.7 Å². The summed E-state index contributed by atoms with van der Waals surface area (Å²) in [6.07, 6.45) is 6.42. The van der Waals surface area contributed by atoms with E-state index in [0.29, 0.717) is 39.0 Å². The Hall–Kier alpha value is -2.90. The molecule has 142 valence electrons. The highest BCUT2D eigenvalue weighted by Gasteiger charge is 2.48. The average molecular weight is 371 g/mol. The lowest BCUT2D eigenvalue weighted by Gasteiger charge is -2.35. The lowest BCUT2D eigenvalue weighted by atomic mass is 9.85. The summed E-state index contributed by atoms with van der Waals surface area (Å²) < 4.78 is 5.12. The van der Waals surface area contributed by atoms with Crippen LogP contribution < -0.4 is 0 Å². The number of hydrogen-bond acceptors (Lipinski definition) is 5. The van der Waals surface area contributed by atoms with Crippen molar-refractivity contribution in [1.29, 1.82) is 0 Å². The molecule has 0 unspecified atom stereocenters. The maximum atomic E-state index is 12.6. The number of piperazine rings is 1. The van der Waals surface area contributed by atoms with Crippen LogP contribution in [0.2, 0.25) is 0 Å². The topological polar surface area (TPSA) is 91.1 Å². The molecule has 2 atom stereocenters. The average Bonchev–Trinajstić information content (AvgIpc) is 3.32. The number of carbonyl (C=O) groups excluding carboxylic acids is 4. The van der Waals surface area contributed by atoms with Gasteiger partial charge in [0.25, 0.3) is 5.91 Å². The smallest absolute Gasteiger partial charge is 0.289 e. The number of rotatable bonds is 3. The molecule has 1 aromatic heterocycles. The van der Waals surface area contributed by atoms with E-state index >= 15 is 0 Å². The van der Waals surface area contributed by atoms with Crippen molar-refractivity contribution in [3.63, 3.8) is 0 Å². The number of furan rings is 1. The maximum Gasteiger partial charge on any atom is 0.289 e. The Morgan fingerprint density at radius 3 is 2.11 bits per heavy atom.